The second-order valence-corrected chi connectivity index (χ2v) is 4.85. The van der Waals surface area contributed by atoms with E-state index in [4.69, 9.17) is 9.84 Å². The first kappa shape index (κ1) is 15.9. The van der Waals surface area contributed by atoms with Gasteiger partial charge in [-0.3, -0.25) is 10.1 Å². The van der Waals surface area contributed by atoms with Crippen molar-refractivity contribution in [1.29, 1.82) is 0 Å². The van der Waals surface area contributed by atoms with Crippen LogP contribution in [0.3, 0.4) is 0 Å². The van der Waals surface area contributed by atoms with Gasteiger partial charge in [-0.05, 0) is 35.3 Å². The molecule has 0 aromatic heterocycles. The monoisotopic (exact) mass is 332 g/mol. The van der Waals surface area contributed by atoms with Gasteiger partial charge in [-0.15, -0.1) is 0 Å². The van der Waals surface area contributed by atoms with E-state index in [1.807, 2.05) is 0 Å². The van der Waals surface area contributed by atoms with Gasteiger partial charge in [0.1, 0.15) is 0 Å². The summed E-state index contributed by atoms with van der Waals surface area (Å²) >= 11 is 3.31. The summed E-state index contributed by atoms with van der Waals surface area (Å²) < 4.78 is 5.80. The topological polar surface area (TPSA) is 84.6 Å². The van der Waals surface area contributed by atoms with Gasteiger partial charge >= 0.3 is 0 Å². The molecule has 0 aliphatic carbocycles. The zero-order valence-electron chi connectivity index (χ0n) is 10.7. The number of benzene rings is 1. The van der Waals surface area contributed by atoms with E-state index in [0.29, 0.717) is 29.8 Å². The Morgan fingerprint density at radius 3 is 2.84 bits per heavy atom. The van der Waals surface area contributed by atoms with Crippen LogP contribution < -0.4 is 5.32 Å². The van der Waals surface area contributed by atoms with Crippen molar-refractivity contribution in [2.45, 2.75) is 13.3 Å². The zero-order chi connectivity index (χ0) is 14.3. The summed E-state index contributed by atoms with van der Waals surface area (Å²) in [5, 5.41) is 22.5. The minimum Gasteiger partial charge on any atom is -0.394 e. The number of halogens is 1. The number of nitro benzene ring substituents is 1. The molecule has 0 spiro atoms. The van der Waals surface area contributed by atoms with Gasteiger partial charge in [-0.2, -0.15) is 0 Å². The molecule has 0 saturated heterocycles. The fraction of sp³-hybridized carbons (Fsp3) is 0.500. The maximum atomic E-state index is 10.8. The second-order valence-electron chi connectivity index (χ2n) is 3.99. The van der Waals surface area contributed by atoms with E-state index < -0.39 is 4.92 Å². The van der Waals surface area contributed by atoms with Gasteiger partial charge in [-0.1, -0.05) is 0 Å². The Morgan fingerprint density at radius 1 is 1.47 bits per heavy atom. The number of rotatable bonds is 8. The average molecular weight is 333 g/mol. The molecule has 7 heteroatoms. The number of aryl methyl sites for hydroxylation is 1. The molecule has 2 N–H and O–H groups in total. The number of nitrogens with zero attached hydrogens (tertiary/aromatic N) is 1. The number of aliphatic hydroxyl groups excluding tert-OH is 1. The van der Waals surface area contributed by atoms with Crippen LogP contribution in [0.25, 0.3) is 0 Å². The van der Waals surface area contributed by atoms with Crippen LogP contribution in [0.15, 0.2) is 16.6 Å². The first-order chi connectivity index (χ1) is 9.06. The minimum absolute atomic E-state index is 0.0283. The highest BCUT2D eigenvalue weighted by Crippen LogP contribution is 2.30. The number of aliphatic hydroxyl groups is 1. The lowest BCUT2D eigenvalue weighted by molar-refractivity contribution is -0.385. The first-order valence-electron chi connectivity index (χ1n) is 5.93. The van der Waals surface area contributed by atoms with Crippen LogP contribution in [0.1, 0.15) is 12.0 Å². The molecule has 0 atom stereocenters. The summed E-state index contributed by atoms with van der Waals surface area (Å²) in [5.74, 6) is 0. The Morgan fingerprint density at radius 2 is 2.21 bits per heavy atom. The summed E-state index contributed by atoms with van der Waals surface area (Å²) in [6.45, 7) is 3.35. The van der Waals surface area contributed by atoms with Gasteiger partial charge in [0.2, 0.25) is 0 Å². The number of nitro groups is 1. The van der Waals surface area contributed by atoms with Crippen LogP contribution in [0.4, 0.5) is 11.4 Å². The molecular formula is C12H17BrN2O4. The minimum atomic E-state index is -0.396. The molecule has 1 aromatic rings. The van der Waals surface area contributed by atoms with Crippen molar-refractivity contribution in [3.05, 3.63) is 32.3 Å². The standard InChI is InChI=1S/C12H17BrN2O4/c1-9-7-11(10(13)8-12(9)15(17)18)14-3-2-5-19-6-4-16/h7-8,14,16H,2-6H2,1H3. The summed E-state index contributed by atoms with van der Waals surface area (Å²) in [5.41, 5.74) is 1.54. The highest BCUT2D eigenvalue weighted by molar-refractivity contribution is 9.10. The summed E-state index contributed by atoms with van der Waals surface area (Å²) in [7, 11) is 0. The van der Waals surface area contributed by atoms with Crippen LogP contribution in [0.5, 0.6) is 0 Å². The van der Waals surface area contributed by atoms with Gasteiger partial charge in [0.05, 0.1) is 18.1 Å². The Balaban J connectivity index is 2.50. The number of nitrogens with one attached hydrogen (secondary N) is 1. The zero-order valence-corrected chi connectivity index (χ0v) is 12.3. The first-order valence-corrected chi connectivity index (χ1v) is 6.72. The molecule has 106 valence electrons. The lowest BCUT2D eigenvalue weighted by atomic mass is 10.2. The quantitative estimate of drug-likeness (QED) is 0.434. The summed E-state index contributed by atoms with van der Waals surface area (Å²) in [6, 6.07) is 3.25. The molecule has 0 heterocycles. The van der Waals surface area contributed by atoms with Crippen molar-refractivity contribution in [2.24, 2.45) is 0 Å². The van der Waals surface area contributed by atoms with E-state index in [9.17, 15) is 10.1 Å². The van der Waals surface area contributed by atoms with Crippen LogP contribution in [0, 0.1) is 17.0 Å². The smallest absolute Gasteiger partial charge is 0.273 e. The van der Waals surface area contributed by atoms with Crippen molar-refractivity contribution in [3.8, 4) is 0 Å². The van der Waals surface area contributed by atoms with E-state index in [2.05, 4.69) is 21.2 Å². The molecule has 0 fully saturated rings. The molecule has 0 saturated carbocycles. The van der Waals surface area contributed by atoms with E-state index >= 15 is 0 Å². The van der Waals surface area contributed by atoms with Crippen molar-refractivity contribution in [1.82, 2.24) is 0 Å². The molecule has 0 radical (unpaired) electrons. The molecule has 1 aromatic carbocycles. The normalized spacial score (nSPS) is 10.5. The maximum Gasteiger partial charge on any atom is 0.273 e. The fourth-order valence-electron chi connectivity index (χ4n) is 1.57. The Hall–Kier alpha value is -1.18. The third-order valence-corrected chi connectivity index (χ3v) is 3.15. The molecular weight excluding hydrogens is 316 g/mol. The number of ether oxygens (including phenoxy) is 1. The van der Waals surface area contributed by atoms with E-state index in [-0.39, 0.29) is 12.3 Å². The average Bonchev–Trinajstić information content (AvgIpc) is 2.36. The van der Waals surface area contributed by atoms with Gasteiger partial charge in [0, 0.05) is 34.9 Å². The predicted molar refractivity (Wildman–Crippen MR) is 76.5 cm³/mol. The molecule has 0 bridgehead atoms. The van der Waals surface area contributed by atoms with E-state index in [1.165, 1.54) is 6.07 Å². The van der Waals surface area contributed by atoms with Crippen molar-refractivity contribution < 1.29 is 14.8 Å². The van der Waals surface area contributed by atoms with E-state index in [0.717, 1.165) is 12.1 Å². The number of hydrogen-bond donors (Lipinski definition) is 2. The highest BCUT2D eigenvalue weighted by atomic mass is 79.9. The van der Waals surface area contributed by atoms with Gasteiger partial charge in [0.25, 0.3) is 5.69 Å². The molecule has 0 amide bonds. The van der Waals surface area contributed by atoms with Crippen molar-refractivity contribution >= 4 is 27.3 Å². The Bertz CT molecular complexity index is 440. The van der Waals surface area contributed by atoms with E-state index in [1.54, 1.807) is 13.0 Å². The van der Waals surface area contributed by atoms with Crippen molar-refractivity contribution in [3.63, 3.8) is 0 Å². The largest absolute Gasteiger partial charge is 0.394 e. The molecule has 1 rings (SSSR count). The van der Waals surface area contributed by atoms with Gasteiger partial charge in [-0.25, -0.2) is 0 Å². The summed E-state index contributed by atoms with van der Waals surface area (Å²) in [4.78, 5) is 10.4. The Labute approximate surface area is 120 Å². The SMILES string of the molecule is Cc1cc(NCCCOCCO)c(Br)cc1[N+](=O)[O-]. The number of hydrogen-bond acceptors (Lipinski definition) is 5. The summed E-state index contributed by atoms with van der Waals surface area (Å²) in [6.07, 6.45) is 0.794. The third kappa shape index (κ3) is 5.14. The predicted octanol–water partition coefficient (Wildman–Crippen LogP) is 2.48. The van der Waals surface area contributed by atoms with Crippen molar-refractivity contribution in [2.75, 3.05) is 31.7 Å². The molecule has 6 nitrogen and oxygen atoms in total. The fourth-order valence-corrected chi connectivity index (χ4v) is 2.04. The van der Waals surface area contributed by atoms with Gasteiger partial charge in [0.15, 0.2) is 0 Å². The van der Waals surface area contributed by atoms with Crippen LogP contribution in [-0.2, 0) is 4.74 Å². The molecule has 0 aliphatic rings. The number of anilines is 1. The highest BCUT2D eigenvalue weighted by Gasteiger charge is 2.13. The third-order valence-electron chi connectivity index (χ3n) is 2.50. The lowest BCUT2D eigenvalue weighted by Crippen LogP contribution is -2.08. The lowest BCUT2D eigenvalue weighted by Gasteiger charge is -2.10. The second kappa shape index (κ2) is 8.08. The maximum absolute atomic E-state index is 10.8. The molecule has 19 heavy (non-hydrogen) atoms. The van der Waals surface area contributed by atoms with Crippen LogP contribution in [0.2, 0.25) is 0 Å². The van der Waals surface area contributed by atoms with Crippen LogP contribution >= 0.6 is 15.9 Å². The Kier molecular flexibility index (Phi) is 6.75. The van der Waals surface area contributed by atoms with Crippen LogP contribution in [-0.4, -0.2) is 36.4 Å². The molecule has 0 unspecified atom stereocenters. The molecule has 0 aliphatic heterocycles. The van der Waals surface area contributed by atoms with Gasteiger partial charge < -0.3 is 15.2 Å².